The van der Waals surface area contributed by atoms with Crippen LogP contribution in [0, 0.1) is 18.6 Å². The molecule has 2 rings (SSSR count). The minimum Gasteiger partial charge on any atom is -0.384 e. The number of hydrogen-bond acceptors (Lipinski definition) is 2. The fraction of sp³-hybridized carbons (Fsp3) is 0.500. The molecule has 0 radical (unpaired) electrons. The molecule has 1 nitrogen and oxygen atoms in total. The van der Waals surface area contributed by atoms with Crippen LogP contribution >= 0.6 is 11.8 Å². The van der Waals surface area contributed by atoms with E-state index in [1.54, 1.807) is 6.92 Å². The van der Waals surface area contributed by atoms with Crippen molar-refractivity contribution in [1.82, 2.24) is 0 Å². The third-order valence-corrected chi connectivity index (χ3v) is 4.36. The molecule has 2 atom stereocenters. The van der Waals surface area contributed by atoms with E-state index in [9.17, 15) is 13.9 Å². The number of hydrogen-bond donors (Lipinski definition) is 1. The Balaban J connectivity index is 2.51. The fourth-order valence-corrected chi connectivity index (χ4v) is 3.35. The predicted molar refractivity (Wildman–Crippen MR) is 61.5 cm³/mol. The lowest BCUT2D eigenvalue weighted by atomic mass is 9.89. The van der Waals surface area contributed by atoms with Gasteiger partial charge in [-0.05, 0) is 25.0 Å². The molecule has 0 amide bonds. The highest BCUT2D eigenvalue weighted by atomic mass is 32.2. The summed E-state index contributed by atoms with van der Waals surface area (Å²) in [6.07, 6.45) is 0.398. The van der Waals surface area contributed by atoms with E-state index in [-0.39, 0.29) is 10.8 Å². The Hall–Kier alpha value is -0.610. The lowest BCUT2D eigenvalue weighted by Gasteiger charge is -2.24. The van der Waals surface area contributed by atoms with Gasteiger partial charge in [0.05, 0.1) is 5.56 Å². The van der Waals surface area contributed by atoms with E-state index >= 15 is 0 Å². The van der Waals surface area contributed by atoms with Crippen LogP contribution in [-0.4, -0.2) is 16.1 Å². The van der Waals surface area contributed by atoms with Crippen LogP contribution in [0.1, 0.15) is 24.5 Å². The predicted octanol–water partition coefficient (Wildman–Crippen LogP) is 2.99. The Morgan fingerprint density at radius 2 is 2.12 bits per heavy atom. The van der Waals surface area contributed by atoms with Gasteiger partial charge in [0, 0.05) is 11.0 Å². The Labute approximate surface area is 97.9 Å². The summed E-state index contributed by atoms with van der Waals surface area (Å²) in [4.78, 5) is 0. The first-order chi connectivity index (χ1) is 7.44. The lowest BCUT2D eigenvalue weighted by molar-refractivity contribution is 0.0532. The SMILES string of the molecule is Cc1ccc(F)c(C2(O)CSC(C)C2)c1F. The van der Waals surface area contributed by atoms with Gasteiger partial charge in [0.1, 0.15) is 17.2 Å². The monoisotopic (exact) mass is 244 g/mol. The van der Waals surface area contributed by atoms with Gasteiger partial charge in [-0.1, -0.05) is 13.0 Å². The Bertz CT molecular complexity index is 422. The number of benzene rings is 1. The van der Waals surface area contributed by atoms with E-state index in [1.165, 1.54) is 23.9 Å². The van der Waals surface area contributed by atoms with E-state index in [2.05, 4.69) is 0 Å². The number of aliphatic hydroxyl groups is 1. The molecule has 0 aromatic heterocycles. The summed E-state index contributed by atoms with van der Waals surface area (Å²) >= 11 is 1.54. The maximum absolute atomic E-state index is 13.9. The first-order valence-electron chi connectivity index (χ1n) is 5.23. The number of thioether (sulfide) groups is 1. The van der Waals surface area contributed by atoms with Crippen molar-refractivity contribution >= 4 is 11.8 Å². The van der Waals surface area contributed by atoms with Crippen molar-refractivity contribution in [2.24, 2.45) is 0 Å². The van der Waals surface area contributed by atoms with Gasteiger partial charge in [0.15, 0.2) is 0 Å². The van der Waals surface area contributed by atoms with Gasteiger partial charge in [0.25, 0.3) is 0 Å². The molecule has 0 spiro atoms. The molecule has 4 heteroatoms. The largest absolute Gasteiger partial charge is 0.384 e. The van der Waals surface area contributed by atoms with E-state index < -0.39 is 17.2 Å². The molecule has 1 aromatic carbocycles. The van der Waals surface area contributed by atoms with Gasteiger partial charge in [-0.15, -0.1) is 0 Å². The third kappa shape index (κ3) is 1.84. The van der Waals surface area contributed by atoms with Crippen LogP contribution in [0.25, 0.3) is 0 Å². The zero-order valence-electron chi connectivity index (χ0n) is 9.26. The third-order valence-electron chi connectivity index (χ3n) is 2.98. The molecule has 88 valence electrons. The van der Waals surface area contributed by atoms with Crippen molar-refractivity contribution in [3.8, 4) is 0 Å². The second kappa shape index (κ2) is 4.00. The summed E-state index contributed by atoms with van der Waals surface area (Å²) < 4.78 is 27.5. The smallest absolute Gasteiger partial charge is 0.135 e. The molecule has 1 fully saturated rings. The molecular weight excluding hydrogens is 230 g/mol. The van der Waals surface area contributed by atoms with E-state index in [0.29, 0.717) is 17.7 Å². The fourth-order valence-electron chi connectivity index (χ4n) is 2.13. The minimum absolute atomic E-state index is 0.163. The number of halogens is 2. The quantitative estimate of drug-likeness (QED) is 0.819. The minimum atomic E-state index is -1.36. The summed E-state index contributed by atoms with van der Waals surface area (Å²) in [5, 5.41) is 10.5. The van der Waals surface area contributed by atoms with Crippen molar-refractivity contribution < 1.29 is 13.9 Å². The Kier molecular flexibility index (Phi) is 2.97. The zero-order chi connectivity index (χ0) is 11.9. The zero-order valence-corrected chi connectivity index (χ0v) is 10.1. The van der Waals surface area contributed by atoms with E-state index in [4.69, 9.17) is 0 Å². The molecule has 2 unspecified atom stereocenters. The van der Waals surface area contributed by atoms with Gasteiger partial charge in [-0.2, -0.15) is 11.8 Å². The summed E-state index contributed by atoms with van der Waals surface area (Å²) in [5.41, 5.74) is -1.15. The van der Waals surface area contributed by atoms with Crippen molar-refractivity contribution in [3.05, 3.63) is 34.9 Å². The highest BCUT2D eigenvalue weighted by Crippen LogP contribution is 2.43. The summed E-state index contributed by atoms with van der Waals surface area (Å²) in [5.74, 6) is -0.914. The van der Waals surface area contributed by atoms with Gasteiger partial charge in [0.2, 0.25) is 0 Å². The Morgan fingerprint density at radius 1 is 1.44 bits per heavy atom. The van der Waals surface area contributed by atoms with Gasteiger partial charge in [-0.3, -0.25) is 0 Å². The number of rotatable bonds is 1. The molecule has 1 aliphatic heterocycles. The van der Waals surface area contributed by atoms with E-state index in [1.807, 2.05) is 6.92 Å². The average Bonchev–Trinajstić information content (AvgIpc) is 2.54. The molecule has 1 N–H and O–H groups in total. The normalized spacial score (nSPS) is 29.7. The van der Waals surface area contributed by atoms with Gasteiger partial charge < -0.3 is 5.11 Å². The van der Waals surface area contributed by atoms with Crippen LogP contribution < -0.4 is 0 Å². The van der Waals surface area contributed by atoms with Crippen molar-refractivity contribution in [3.63, 3.8) is 0 Å². The van der Waals surface area contributed by atoms with Crippen LogP contribution in [0.3, 0.4) is 0 Å². The van der Waals surface area contributed by atoms with Crippen LogP contribution in [0.2, 0.25) is 0 Å². The molecule has 16 heavy (non-hydrogen) atoms. The lowest BCUT2D eigenvalue weighted by Crippen LogP contribution is -2.28. The Morgan fingerprint density at radius 3 is 2.69 bits per heavy atom. The summed E-state index contributed by atoms with van der Waals surface area (Å²) in [6.45, 7) is 3.53. The van der Waals surface area contributed by atoms with Crippen LogP contribution in [0.15, 0.2) is 12.1 Å². The van der Waals surface area contributed by atoms with Crippen molar-refractivity contribution in [2.75, 3.05) is 5.75 Å². The first kappa shape index (κ1) is 11.9. The molecule has 1 saturated heterocycles. The topological polar surface area (TPSA) is 20.2 Å². The van der Waals surface area contributed by atoms with E-state index in [0.717, 1.165) is 0 Å². The highest BCUT2D eigenvalue weighted by Gasteiger charge is 2.41. The molecule has 0 aliphatic carbocycles. The van der Waals surface area contributed by atoms with Gasteiger partial charge in [-0.25, -0.2) is 8.78 Å². The first-order valence-corrected chi connectivity index (χ1v) is 6.28. The maximum Gasteiger partial charge on any atom is 0.135 e. The number of aryl methyl sites for hydroxylation is 1. The second-order valence-corrected chi connectivity index (χ2v) is 5.84. The van der Waals surface area contributed by atoms with Crippen LogP contribution in [0.4, 0.5) is 8.78 Å². The molecule has 1 aliphatic rings. The molecule has 0 saturated carbocycles. The average molecular weight is 244 g/mol. The molecule has 0 bridgehead atoms. The highest BCUT2D eigenvalue weighted by molar-refractivity contribution is 8.00. The van der Waals surface area contributed by atoms with Crippen LogP contribution in [-0.2, 0) is 5.60 Å². The summed E-state index contributed by atoms with van der Waals surface area (Å²) in [7, 11) is 0. The van der Waals surface area contributed by atoms with Crippen molar-refractivity contribution in [1.29, 1.82) is 0 Å². The second-order valence-electron chi connectivity index (χ2n) is 4.41. The summed E-state index contributed by atoms with van der Waals surface area (Å²) in [6, 6.07) is 2.61. The molecule has 1 aromatic rings. The van der Waals surface area contributed by atoms with Crippen molar-refractivity contribution in [2.45, 2.75) is 31.1 Å². The molecular formula is C12H14F2OS. The molecule has 1 heterocycles. The standard InChI is InChI=1S/C12H14F2OS/c1-7-3-4-9(13)10(11(7)14)12(15)5-8(2)16-6-12/h3-4,8,15H,5-6H2,1-2H3. The van der Waals surface area contributed by atoms with Gasteiger partial charge >= 0.3 is 0 Å². The van der Waals surface area contributed by atoms with Crippen LogP contribution in [0.5, 0.6) is 0 Å². The maximum atomic E-state index is 13.9.